The summed E-state index contributed by atoms with van der Waals surface area (Å²) in [6.07, 6.45) is 1.51. The highest BCUT2D eigenvalue weighted by atomic mass is 16.4. The van der Waals surface area contributed by atoms with Crippen LogP contribution in [-0.4, -0.2) is 46.0 Å². The monoisotopic (exact) mass is 263 g/mol. The van der Waals surface area contributed by atoms with E-state index in [9.17, 15) is 9.59 Å². The van der Waals surface area contributed by atoms with Gasteiger partial charge in [-0.25, -0.2) is 0 Å². The fraction of sp³-hybridized carbons (Fsp3) is 0.462. The Balaban J connectivity index is 2.19. The third-order valence-corrected chi connectivity index (χ3v) is 3.35. The highest BCUT2D eigenvalue weighted by Crippen LogP contribution is 2.23. The van der Waals surface area contributed by atoms with E-state index >= 15 is 0 Å². The normalized spacial score (nSPS) is 21.7. The van der Waals surface area contributed by atoms with Crippen LogP contribution in [0.2, 0.25) is 0 Å². The second kappa shape index (κ2) is 5.79. The van der Waals surface area contributed by atoms with Gasteiger partial charge in [0.2, 0.25) is 5.91 Å². The fourth-order valence-corrected chi connectivity index (χ4v) is 2.36. The van der Waals surface area contributed by atoms with Gasteiger partial charge in [-0.15, -0.1) is 0 Å². The number of aromatic nitrogens is 1. The molecule has 1 aliphatic heterocycles. The Morgan fingerprint density at radius 1 is 1.63 bits per heavy atom. The van der Waals surface area contributed by atoms with Gasteiger partial charge < -0.3 is 10.4 Å². The molecule has 102 valence electrons. The van der Waals surface area contributed by atoms with E-state index < -0.39 is 12.0 Å². The molecular weight excluding hydrogens is 246 g/mol. The van der Waals surface area contributed by atoms with E-state index in [0.29, 0.717) is 13.1 Å². The molecule has 2 heterocycles. The molecule has 2 unspecified atom stereocenters. The number of piperazine rings is 1. The number of aliphatic carboxylic acids is 1. The van der Waals surface area contributed by atoms with Crippen LogP contribution in [-0.2, 0) is 9.59 Å². The Kier molecular flexibility index (Phi) is 4.11. The van der Waals surface area contributed by atoms with Gasteiger partial charge in [-0.2, -0.15) is 0 Å². The Hall–Kier alpha value is -1.95. The molecule has 6 heteroatoms. The molecule has 1 fully saturated rings. The van der Waals surface area contributed by atoms with Crippen LogP contribution in [0, 0.1) is 0 Å². The van der Waals surface area contributed by atoms with Gasteiger partial charge in [0.05, 0.1) is 18.2 Å². The van der Waals surface area contributed by atoms with Crippen molar-refractivity contribution in [2.24, 2.45) is 0 Å². The zero-order valence-electron chi connectivity index (χ0n) is 10.7. The first-order chi connectivity index (χ1) is 9.09. The predicted octanol–water partition coefficient (Wildman–Crippen LogP) is 0.418. The molecule has 1 saturated heterocycles. The summed E-state index contributed by atoms with van der Waals surface area (Å²) in [5, 5.41) is 11.6. The van der Waals surface area contributed by atoms with Crippen molar-refractivity contribution in [1.29, 1.82) is 0 Å². The van der Waals surface area contributed by atoms with Crippen LogP contribution in [0.25, 0.3) is 0 Å². The first-order valence-electron chi connectivity index (χ1n) is 6.26. The van der Waals surface area contributed by atoms with Gasteiger partial charge in [-0.1, -0.05) is 6.07 Å². The summed E-state index contributed by atoms with van der Waals surface area (Å²) in [5.74, 6) is -1.20. The molecule has 2 N–H and O–H groups in total. The van der Waals surface area contributed by atoms with E-state index in [1.807, 2.05) is 30.0 Å². The number of pyridine rings is 1. The first-order valence-corrected chi connectivity index (χ1v) is 6.26. The van der Waals surface area contributed by atoms with Gasteiger partial charge in [-0.05, 0) is 19.1 Å². The van der Waals surface area contributed by atoms with Crippen LogP contribution in [0.4, 0.5) is 0 Å². The summed E-state index contributed by atoms with van der Waals surface area (Å²) in [4.78, 5) is 28.9. The second-order valence-electron chi connectivity index (χ2n) is 4.57. The predicted molar refractivity (Wildman–Crippen MR) is 68.4 cm³/mol. The molecule has 2 atom stereocenters. The zero-order valence-corrected chi connectivity index (χ0v) is 10.7. The minimum Gasteiger partial charge on any atom is -0.481 e. The molecule has 1 aromatic heterocycles. The maximum Gasteiger partial charge on any atom is 0.305 e. The summed E-state index contributed by atoms with van der Waals surface area (Å²) in [6, 6.07) is 4.87. The van der Waals surface area contributed by atoms with Gasteiger partial charge in [0.1, 0.15) is 6.04 Å². The summed E-state index contributed by atoms with van der Waals surface area (Å²) in [7, 11) is 0. The van der Waals surface area contributed by atoms with Crippen molar-refractivity contribution < 1.29 is 14.7 Å². The van der Waals surface area contributed by atoms with Crippen LogP contribution in [0.5, 0.6) is 0 Å². The average Bonchev–Trinajstić information content (AvgIpc) is 2.41. The van der Waals surface area contributed by atoms with Crippen LogP contribution in [0.15, 0.2) is 24.4 Å². The number of nitrogens with zero attached hydrogens (tertiary/aromatic N) is 2. The van der Waals surface area contributed by atoms with Gasteiger partial charge in [0, 0.05) is 19.3 Å². The molecule has 0 bridgehead atoms. The van der Waals surface area contributed by atoms with E-state index in [1.54, 1.807) is 6.20 Å². The Morgan fingerprint density at radius 3 is 3.05 bits per heavy atom. The topological polar surface area (TPSA) is 82.5 Å². The van der Waals surface area contributed by atoms with Gasteiger partial charge in [0.25, 0.3) is 0 Å². The Morgan fingerprint density at radius 2 is 2.42 bits per heavy atom. The van der Waals surface area contributed by atoms with E-state index in [1.165, 1.54) is 0 Å². The van der Waals surface area contributed by atoms with Crippen LogP contribution >= 0.6 is 0 Å². The average molecular weight is 263 g/mol. The van der Waals surface area contributed by atoms with E-state index in [4.69, 9.17) is 5.11 Å². The largest absolute Gasteiger partial charge is 0.481 e. The minimum absolute atomic E-state index is 0.0865. The Labute approximate surface area is 111 Å². The standard InChI is InChI=1S/C13H17N3O3/c1-9(10-4-2-3-5-14-10)16-7-6-15-13(19)11(16)8-12(17)18/h2-5,9,11H,6-8H2,1H3,(H,15,19)(H,17,18). The molecule has 0 saturated carbocycles. The number of rotatable bonds is 4. The van der Waals surface area contributed by atoms with Gasteiger partial charge in [0.15, 0.2) is 0 Å². The summed E-state index contributed by atoms with van der Waals surface area (Å²) in [6.45, 7) is 3.10. The summed E-state index contributed by atoms with van der Waals surface area (Å²) < 4.78 is 0. The number of carbonyl (C=O) groups is 2. The molecule has 1 amide bonds. The second-order valence-corrected chi connectivity index (χ2v) is 4.57. The lowest BCUT2D eigenvalue weighted by Gasteiger charge is -2.38. The fourth-order valence-electron chi connectivity index (χ4n) is 2.36. The third kappa shape index (κ3) is 3.08. The lowest BCUT2D eigenvalue weighted by Crippen LogP contribution is -2.56. The molecule has 6 nitrogen and oxygen atoms in total. The molecule has 0 spiro atoms. The molecule has 0 radical (unpaired) electrons. The Bertz CT molecular complexity index is 463. The lowest BCUT2D eigenvalue weighted by molar-refractivity contribution is -0.143. The van der Waals surface area contributed by atoms with Crippen molar-refractivity contribution >= 4 is 11.9 Å². The number of hydrogen-bond donors (Lipinski definition) is 2. The van der Waals surface area contributed by atoms with E-state index in [-0.39, 0.29) is 18.4 Å². The third-order valence-electron chi connectivity index (χ3n) is 3.35. The summed E-state index contributed by atoms with van der Waals surface area (Å²) in [5.41, 5.74) is 0.840. The van der Waals surface area contributed by atoms with Crippen molar-refractivity contribution in [3.05, 3.63) is 30.1 Å². The number of carbonyl (C=O) groups excluding carboxylic acids is 1. The smallest absolute Gasteiger partial charge is 0.305 e. The molecule has 19 heavy (non-hydrogen) atoms. The number of nitrogens with one attached hydrogen (secondary N) is 1. The van der Waals surface area contributed by atoms with Gasteiger partial charge in [-0.3, -0.25) is 19.5 Å². The maximum absolute atomic E-state index is 11.8. The molecule has 1 aliphatic rings. The van der Waals surface area contributed by atoms with Crippen LogP contribution in [0.1, 0.15) is 25.1 Å². The van der Waals surface area contributed by atoms with Crippen LogP contribution in [0.3, 0.4) is 0 Å². The quantitative estimate of drug-likeness (QED) is 0.822. The molecule has 2 rings (SSSR count). The van der Waals surface area contributed by atoms with E-state index in [0.717, 1.165) is 5.69 Å². The lowest BCUT2D eigenvalue weighted by atomic mass is 10.0. The van der Waals surface area contributed by atoms with E-state index in [2.05, 4.69) is 10.3 Å². The van der Waals surface area contributed by atoms with Crippen molar-refractivity contribution in [2.45, 2.75) is 25.4 Å². The SMILES string of the molecule is CC(c1ccccn1)N1CCNC(=O)C1CC(=O)O. The molecular formula is C13H17N3O3. The number of carboxylic acid groups (broad SMARTS) is 1. The van der Waals surface area contributed by atoms with Crippen molar-refractivity contribution in [3.8, 4) is 0 Å². The van der Waals surface area contributed by atoms with Crippen molar-refractivity contribution in [3.63, 3.8) is 0 Å². The molecule has 0 aliphatic carbocycles. The highest BCUT2D eigenvalue weighted by Gasteiger charge is 2.35. The summed E-state index contributed by atoms with van der Waals surface area (Å²) >= 11 is 0. The maximum atomic E-state index is 11.8. The molecule has 1 aromatic rings. The number of amides is 1. The zero-order chi connectivity index (χ0) is 13.8. The van der Waals surface area contributed by atoms with Crippen molar-refractivity contribution in [1.82, 2.24) is 15.2 Å². The van der Waals surface area contributed by atoms with Crippen LogP contribution < -0.4 is 5.32 Å². The highest BCUT2D eigenvalue weighted by molar-refractivity contribution is 5.86. The van der Waals surface area contributed by atoms with Gasteiger partial charge >= 0.3 is 5.97 Å². The number of carboxylic acids is 1. The minimum atomic E-state index is -0.972. The molecule has 0 aromatic carbocycles. The van der Waals surface area contributed by atoms with Crippen molar-refractivity contribution in [2.75, 3.05) is 13.1 Å². The number of hydrogen-bond acceptors (Lipinski definition) is 4. The first kappa shape index (κ1) is 13.5.